The van der Waals surface area contributed by atoms with Crippen molar-refractivity contribution in [2.24, 2.45) is 0 Å². The number of allylic oxidation sites excluding steroid dienone is 1. The molecule has 2 N–H and O–H groups in total. The Morgan fingerprint density at radius 2 is 1.92 bits per heavy atom. The molecule has 2 amide bonds. The number of nitro groups is 1. The number of carboxylic acid groups (broad SMARTS) is 1. The van der Waals surface area contributed by atoms with Gasteiger partial charge in [-0.15, -0.1) is 0 Å². The van der Waals surface area contributed by atoms with E-state index in [0.717, 1.165) is 4.31 Å². The average molecular weight is 540 g/mol. The number of fused-ring (bicyclic) bond motifs is 1. The van der Waals surface area contributed by atoms with Crippen LogP contribution in [0.15, 0.2) is 77.0 Å². The lowest BCUT2D eigenvalue weighted by Gasteiger charge is -2.37. The number of urea groups is 1. The average Bonchev–Trinajstić information content (AvgIpc) is 2.88. The molecule has 2 heterocycles. The largest absolute Gasteiger partial charge is 0.478 e. The standard InChI is InChI=1S/C25H25N5O7S/c1-16-21(24(31)32)23(18-8-3-10-19(15-18)30(34)35)29(25(33)27-16)14-6-13-28(2)38(36,37)20-11-4-7-17-9-5-12-26-22(17)20/h3-5,7-12,15,23H,6,13-14H2,1-2H3,(H,27,33)(H,31,32). The van der Waals surface area contributed by atoms with Crippen molar-refractivity contribution in [2.75, 3.05) is 20.1 Å². The Kier molecular flexibility index (Phi) is 7.41. The van der Waals surface area contributed by atoms with E-state index in [-0.39, 0.29) is 46.9 Å². The lowest BCUT2D eigenvalue weighted by atomic mass is 9.93. The van der Waals surface area contributed by atoms with Crippen molar-refractivity contribution >= 4 is 38.6 Å². The number of rotatable bonds is 9. The number of nitro benzene ring substituents is 1. The van der Waals surface area contributed by atoms with Gasteiger partial charge in [-0.1, -0.05) is 30.3 Å². The zero-order chi connectivity index (χ0) is 27.6. The molecule has 0 bridgehead atoms. The summed E-state index contributed by atoms with van der Waals surface area (Å²) >= 11 is 0. The zero-order valence-electron chi connectivity index (χ0n) is 20.6. The van der Waals surface area contributed by atoms with Crippen LogP contribution in [0.4, 0.5) is 10.5 Å². The monoisotopic (exact) mass is 539 g/mol. The molecule has 3 aromatic rings. The van der Waals surface area contributed by atoms with Crippen LogP contribution < -0.4 is 5.32 Å². The van der Waals surface area contributed by atoms with Gasteiger partial charge in [0.25, 0.3) is 5.69 Å². The Bertz CT molecular complexity index is 1570. The molecule has 4 rings (SSSR count). The van der Waals surface area contributed by atoms with Crippen LogP contribution >= 0.6 is 0 Å². The maximum Gasteiger partial charge on any atom is 0.335 e. The van der Waals surface area contributed by atoms with E-state index in [1.807, 2.05) is 0 Å². The van der Waals surface area contributed by atoms with Crippen molar-refractivity contribution < 1.29 is 28.0 Å². The highest BCUT2D eigenvalue weighted by molar-refractivity contribution is 7.89. The Hall–Kier alpha value is -4.36. The molecule has 2 aromatic carbocycles. The number of carbonyl (C=O) groups is 2. The summed E-state index contributed by atoms with van der Waals surface area (Å²) in [7, 11) is -2.51. The van der Waals surface area contributed by atoms with Gasteiger partial charge in [-0.05, 0) is 31.0 Å². The lowest BCUT2D eigenvalue weighted by Crippen LogP contribution is -2.49. The maximum absolute atomic E-state index is 13.3. The van der Waals surface area contributed by atoms with Crippen LogP contribution in [0.2, 0.25) is 0 Å². The van der Waals surface area contributed by atoms with E-state index >= 15 is 0 Å². The number of benzene rings is 2. The van der Waals surface area contributed by atoms with Crippen LogP contribution in [0.3, 0.4) is 0 Å². The van der Waals surface area contributed by atoms with Crippen molar-refractivity contribution in [1.29, 1.82) is 0 Å². The van der Waals surface area contributed by atoms with Gasteiger partial charge in [-0.2, -0.15) is 0 Å². The smallest absolute Gasteiger partial charge is 0.335 e. The number of nitrogens with zero attached hydrogens (tertiary/aromatic N) is 4. The van der Waals surface area contributed by atoms with Crippen molar-refractivity contribution in [3.8, 4) is 0 Å². The predicted octanol–water partition coefficient (Wildman–Crippen LogP) is 3.28. The number of para-hydroxylation sites is 1. The molecule has 1 unspecified atom stereocenters. The molecule has 0 spiro atoms. The summed E-state index contributed by atoms with van der Waals surface area (Å²) in [6, 6.07) is 12.1. The summed E-state index contributed by atoms with van der Waals surface area (Å²) in [6.07, 6.45) is 1.68. The topological polar surface area (TPSA) is 163 Å². The first-order valence-corrected chi connectivity index (χ1v) is 13.0. The van der Waals surface area contributed by atoms with Gasteiger partial charge in [0, 0.05) is 49.6 Å². The number of sulfonamides is 1. The number of aromatic nitrogens is 1. The molecule has 1 atom stereocenters. The number of carbonyl (C=O) groups excluding carboxylic acids is 1. The Morgan fingerprint density at radius 1 is 1.21 bits per heavy atom. The number of aliphatic carboxylic acids is 1. The van der Waals surface area contributed by atoms with Gasteiger partial charge in [0.05, 0.1) is 22.1 Å². The van der Waals surface area contributed by atoms with Gasteiger partial charge in [-0.25, -0.2) is 22.3 Å². The second-order valence-electron chi connectivity index (χ2n) is 8.73. The minimum Gasteiger partial charge on any atom is -0.478 e. The number of hydrogen-bond donors (Lipinski definition) is 2. The van der Waals surface area contributed by atoms with E-state index in [9.17, 15) is 33.2 Å². The first-order valence-electron chi connectivity index (χ1n) is 11.6. The van der Waals surface area contributed by atoms with Crippen LogP contribution in [0.5, 0.6) is 0 Å². The Labute approximate surface area is 218 Å². The molecule has 0 radical (unpaired) electrons. The van der Waals surface area contributed by atoms with Crippen molar-refractivity contribution in [2.45, 2.75) is 24.3 Å². The second-order valence-corrected chi connectivity index (χ2v) is 10.7. The summed E-state index contributed by atoms with van der Waals surface area (Å²) < 4.78 is 27.8. The van der Waals surface area contributed by atoms with Crippen molar-refractivity contribution in [1.82, 2.24) is 19.5 Å². The van der Waals surface area contributed by atoms with E-state index in [0.29, 0.717) is 10.9 Å². The summed E-state index contributed by atoms with van der Waals surface area (Å²) in [6.45, 7) is 1.45. The summed E-state index contributed by atoms with van der Waals surface area (Å²) in [5, 5.41) is 24.4. The Morgan fingerprint density at radius 3 is 2.63 bits per heavy atom. The number of non-ortho nitro benzene ring substituents is 1. The van der Waals surface area contributed by atoms with Gasteiger partial charge in [0.15, 0.2) is 0 Å². The minimum absolute atomic E-state index is 0.0160. The molecule has 0 saturated heterocycles. The molecule has 0 fully saturated rings. The number of hydrogen-bond acceptors (Lipinski definition) is 7. The summed E-state index contributed by atoms with van der Waals surface area (Å²) in [5.41, 5.74) is 0.347. The highest BCUT2D eigenvalue weighted by Gasteiger charge is 2.38. The third-order valence-electron chi connectivity index (χ3n) is 6.33. The summed E-state index contributed by atoms with van der Waals surface area (Å²) in [4.78, 5) is 41.3. The number of amides is 2. The van der Waals surface area contributed by atoms with E-state index in [4.69, 9.17) is 0 Å². The molecule has 13 heteroatoms. The molecular weight excluding hydrogens is 514 g/mol. The molecule has 12 nitrogen and oxygen atoms in total. The molecule has 1 aliphatic rings. The predicted molar refractivity (Wildman–Crippen MR) is 138 cm³/mol. The van der Waals surface area contributed by atoms with Crippen molar-refractivity contribution in [3.63, 3.8) is 0 Å². The highest BCUT2D eigenvalue weighted by Crippen LogP contribution is 2.35. The number of carboxylic acids is 1. The minimum atomic E-state index is -3.92. The Balaban J connectivity index is 1.59. The van der Waals surface area contributed by atoms with Gasteiger partial charge >= 0.3 is 12.0 Å². The SMILES string of the molecule is CC1=C(C(=O)O)C(c2cccc([N+](=O)[O-])c2)N(CCCN(C)S(=O)(=O)c2cccc3cccnc23)C(=O)N1. The fraction of sp³-hybridized carbons (Fsp3) is 0.240. The fourth-order valence-electron chi connectivity index (χ4n) is 4.48. The van der Waals surface area contributed by atoms with E-state index in [2.05, 4.69) is 10.3 Å². The second kappa shape index (κ2) is 10.6. The van der Waals surface area contributed by atoms with Crippen LogP contribution in [0.25, 0.3) is 10.9 Å². The molecular formula is C25H25N5O7S. The molecule has 0 aliphatic carbocycles. The third kappa shape index (κ3) is 5.06. The van der Waals surface area contributed by atoms with E-state index < -0.39 is 33.0 Å². The summed E-state index contributed by atoms with van der Waals surface area (Å²) in [5.74, 6) is -1.29. The molecule has 0 saturated carbocycles. The zero-order valence-corrected chi connectivity index (χ0v) is 21.4. The van der Waals surface area contributed by atoms with Crippen LogP contribution in [0, 0.1) is 10.1 Å². The van der Waals surface area contributed by atoms with Gasteiger partial charge in [0.1, 0.15) is 4.90 Å². The first-order chi connectivity index (χ1) is 18.0. The van der Waals surface area contributed by atoms with Crippen LogP contribution in [-0.4, -0.2) is 64.8 Å². The van der Waals surface area contributed by atoms with E-state index in [1.165, 1.54) is 55.4 Å². The van der Waals surface area contributed by atoms with E-state index in [1.54, 1.807) is 24.3 Å². The van der Waals surface area contributed by atoms with Crippen LogP contribution in [-0.2, 0) is 14.8 Å². The van der Waals surface area contributed by atoms with Gasteiger partial charge in [-0.3, -0.25) is 15.1 Å². The van der Waals surface area contributed by atoms with Gasteiger partial charge < -0.3 is 15.3 Å². The fourth-order valence-corrected chi connectivity index (χ4v) is 5.85. The lowest BCUT2D eigenvalue weighted by molar-refractivity contribution is -0.384. The third-order valence-corrected chi connectivity index (χ3v) is 8.22. The molecule has 1 aliphatic heterocycles. The number of nitrogens with one attached hydrogen (secondary N) is 1. The van der Waals surface area contributed by atoms with Crippen LogP contribution in [0.1, 0.15) is 24.9 Å². The highest BCUT2D eigenvalue weighted by atomic mass is 32.2. The number of pyridine rings is 1. The van der Waals surface area contributed by atoms with Crippen molar-refractivity contribution in [3.05, 3.63) is 87.7 Å². The molecule has 38 heavy (non-hydrogen) atoms. The molecule has 198 valence electrons. The maximum atomic E-state index is 13.3. The van der Waals surface area contributed by atoms with Gasteiger partial charge in [0.2, 0.25) is 10.0 Å². The first kappa shape index (κ1) is 26.7. The quantitative estimate of drug-likeness (QED) is 0.309. The molecule has 1 aromatic heterocycles. The normalized spacial score (nSPS) is 16.1.